The first-order valence-electron chi connectivity index (χ1n) is 11.1. The van der Waals surface area contributed by atoms with Crippen molar-refractivity contribution >= 4 is 23.5 Å². The second-order valence-corrected chi connectivity index (χ2v) is 8.86. The minimum atomic E-state index is -0.449. The molecule has 0 bridgehead atoms. The predicted molar refractivity (Wildman–Crippen MR) is 129 cm³/mol. The van der Waals surface area contributed by atoms with Crippen molar-refractivity contribution in [3.05, 3.63) is 77.8 Å². The van der Waals surface area contributed by atoms with E-state index < -0.39 is 5.54 Å². The van der Waals surface area contributed by atoms with Crippen LogP contribution in [0.4, 0.5) is 15.8 Å². The smallest absolute Gasteiger partial charge is 0.251 e. The first kappa shape index (κ1) is 22.7. The zero-order valence-corrected chi connectivity index (χ0v) is 18.9. The minimum absolute atomic E-state index is 0.110. The van der Waals surface area contributed by atoms with E-state index in [9.17, 15) is 14.3 Å². The molecule has 2 atom stereocenters. The van der Waals surface area contributed by atoms with Gasteiger partial charge in [0.2, 0.25) is 0 Å². The van der Waals surface area contributed by atoms with E-state index in [1.165, 1.54) is 18.3 Å². The fourth-order valence-corrected chi connectivity index (χ4v) is 4.88. The van der Waals surface area contributed by atoms with Gasteiger partial charge >= 0.3 is 0 Å². The summed E-state index contributed by atoms with van der Waals surface area (Å²) < 4.78 is 13.8. The van der Waals surface area contributed by atoms with E-state index in [0.717, 1.165) is 30.6 Å². The Morgan fingerprint density at radius 1 is 1.33 bits per heavy atom. The van der Waals surface area contributed by atoms with Gasteiger partial charge in [-0.25, -0.2) is 4.39 Å². The van der Waals surface area contributed by atoms with Gasteiger partial charge in [0.25, 0.3) is 5.91 Å². The van der Waals surface area contributed by atoms with Crippen LogP contribution < -0.4 is 10.2 Å². The molecule has 2 aromatic carbocycles. The second kappa shape index (κ2) is 9.19. The van der Waals surface area contributed by atoms with Crippen molar-refractivity contribution in [3.8, 4) is 5.75 Å². The number of carbonyl (C=O) groups is 1. The van der Waals surface area contributed by atoms with Gasteiger partial charge in [-0.05, 0) is 68.7 Å². The molecule has 33 heavy (non-hydrogen) atoms. The van der Waals surface area contributed by atoms with Crippen molar-refractivity contribution in [2.24, 2.45) is 0 Å². The van der Waals surface area contributed by atoms with Gasteiger partial charge < -0.3 is 15.8 Å². The summed E-state index contributed by atoms with van der Waals surface area (Å²) in [7, 11) is 0. The number of amides is 1. The SMILES string of the molecule is C/C(=C/C=N)Nc1ccc(CN2CC[C@]3(C=CC(=O)N3c3cccc(F)c3)C[C@@H]2C)cc1O. The molecule has 7 heteroatoms. The maximum absolute atomic E-state index is 13.8. The Kier molecular flexibility index (Phi) is 6.33. The molecular formula is C26H29FN4O2. The van der Waals surface area contributed by atoms with Crippen molar-refractivity contribution in [1.29, 1.82) is 5.41 Å². The van der Waals surface area contributed by atoms with E-state index in [1.807, 2.05) is 25.1 Å². The number of phenols is 1. The van der Waals surface area contributed by atoms with Crippen molar-refractivity contribution in [3.63, 3.8) is 0 Å². The van der Waals surface area contributed by atoms with Gasteiger partial charge in [-0.2, -0.15) is 0 Å². The molecule has 0 radical (unpaired) electrons. The standard InChI is InChI=1S/C26H29FN4O2/c1-18(9-12-28)29-23-7-6-20(14-24(23)32)17-30-13-11-26(16-19(30)2)10-8-25(33)31(26)22-5-3-4-21(27)15-22/h3-10,12,14-15,19,28-29,32H,11,13,16-17H2,1-2H3/b18-9-,28-12?/t19-,26+/m0/s1. The molecule has 1 spiro atoms. The molecule has 2 aliphatic rings. The Labute approximate surface area is 193 Å². The van der Waals surface area contributed by atoms with Gasteiger partial charge in [0, 0.05) is 42.8 Å². The van der Waals surface area contributed by atoms with Crippen molar-refractivity contribution < 1.29 is 14.3 Å². The number of hydrogen-bond donors (Lipinski definition) is 3. The quantitative estimate of drug-likeness (QED) is 0.437. The molecule has 0 aromatic heterocycles. The summed E-state index contributed by atoms with van der Waals surface area (Å²) in [6, 6.07) is 12.0. The average Bonchev–Trinajstić information content (AvgIpc) is 3.07. The highest BCUT2D eigenvalue weighted by molar-refractivity contribution is 6.06. The largest absolute Gasteiger partial charge is 0.506 e. The Balaban J connectivity index is 1.47. The van der Waals surface area contributed by atoms with Gasteiger partial charge in [-0.15, -0.1) is 0 Å². The Morgan fingerprint density at radius 3 is 2.85 bits per heavy atom. The summed E-state index contributed by atoms with van der Waals surface area (Å²) in [4.78, 5) is 16.8. The molecule has 3 N–H and O–H groups in total. The van der Waals surface area contributed by atoms with Crippen molar-refractivity contribution in [2.75, 3.05) is 16.8 Å². The van der Waals surface area contributed by atoms with E-state index in [1.54, 1.807) is 35.3 Å². The van der Waals surface area contributed by atoms with Crippen LogP contribution >= 0.6 is 0 Å². The molecule has 6 nitrogen and oxygen atoms in total. The number of phenolic OH excluding ortho intramolecular Hbond substituents is 1. The summed E-state index contributed by atoms with van der Waals surface area (Å²) in [5, 5.41) is 20.7. The van der Waals surface area contributed by atoms with E-state index in [0.29, 0.717) is 17.9 Å². The van der Waals surface area contributed by atoms with Crippen LogP contribution in [0.2, 0.25) is 0 Å². The monoisotopic (exact) mass is 448 g/mol. The number of nitrogens with zero attached hydrogens (tertiary/aromatic N) is 2. The zero-order valence-electron chi connectivity index (χ0n) is 18.9. The molecule has 172 valence electrons. The third-order valence-corrected chi connectivity index (χ3v) is 6.49. The number of piperidine rings is 1. The lowest BCUT2D eigenvalue weighted by atomic mass is 9.82. The van der Waals surface area contributed by atoms with Gasteiger partial charge in [0.05, 0.1) is 11.2 Å². The number of benzene rings is 2. The normalized spacial score (nSPS) is 23.4. The second-order valence-electron chi connectivity index (χ2n) is 8.86. The lowest BCUT2D eigenvalue weighted by Gasteiger charge is -2.47. The highest BCUT2D eigenvalue weighted by atomic mass is 19.1. The highest BCUT2D eigenvalue weighted by Crippen LogP contribution is 2.41. The summed E-state index contributed by atoms with van der Waals surface area (Å²) >= 11 is 0. The third kappa shape index (κ3) is 4.68. The van der Waals surface area contributed by atoms with Gasteiger partial charge in [-0.1, -0.05) is 18.2 Å². The molecule has 1 saturated heterocycles. The summed E-state index contributed by atoms with van der Waals surface area (Å²) in [6.07, 6.45) is 7.88. The predicted octanol–water partition coefficient (Wildman–Crippen LogP) is 4.82. The van der Waals surface area contributed by atoms with Crippen molar-refractivity contribution in [2.45, 2.75) is 44.8 Å². The van der Waals surface area contributed by atoms with Crippen LogP contribution in [-0.4, -0.2) is 40.3 Å². The third-order valence-electron chi connectivity index (χ3n) is 6.49. The van der Waals surface area contributed by atoms with Crippen LogP contribution in [0.5, 0.6) is 5.75 Å². The van der Waals surface area contributed by atoms with E-state index in [4.69, 9.17) is 5.41 Å². The molecule has 2 aromatic rings. The molecule has 1 amide bonds. The van der Waals surface area contributed by atoms with Gasteiger partial charge in [0.1, 0.15) is 11.6 Å². The number of rotatable bonds is 6. The molecule has 0 saturated carbocycles. The van der Waals surface area contributed by atoms with Crippen LogP contribution in [0.25, 0.3) is 0 Å². The summed E-state index contributed by atoms with van der Waals surface area (Å²) in [6.45, 7) is 5.42. The van der Waals surface area contributed by atoms with Crippen molar-refractivity contribution in [1.82, 2.24) is 4.90 Å². The number of carbonyl (C=O) groups excluding carboxylic acids is 1. The first-order chi connectivity index (χ1) is 15.8. The number of aromatic hydroxyl groups is 1. The van der Waals surface area contributed by atoms with Gasteiger partial charge in [0.15, 0.2) is 0 Å². The number of halogens is 1. The minimum Gasteiger partial charge on any atom is -0.506 e. The van der Waals surface area contributed by atoms with E-state index in [-0.39, 0.29) is 23.5 Å². The van der Waals surface area contributed by atoms with Crippen LogP contribution in [0.3, 0.4) is 0 Å². The molecule has 4 rings (SSSR count). The molecule has 2 aliphatic heterocycles. The molecule has 0 unspecified atom stereocenters. The molecule has 1 fully saturated rings. The fourth-order valence-electron chi connectivity index (χ4n) is 4.88. The Morgan fingerprint density at radius 2 is 2.15 bits per heavy atom. The van der Waals surface area contributed by atoms with E-state index in [2.05, 4.69) is 17.1 Å². The topological polar surface area (TPSA) is 79.7 Å². The van der Waals surface area contributed by atoms with Gasteiger partial charge in [-0.3, -0.25) is 14.6 Å². The van der Waals surface area contributed by atoms with Crippen LogP contribution in [-0.2, 0) is 11.3 Å². The lowest BCUT2D eigenvalue weighted by molar-refractivity contribution is -0.114. The van der Waals surface area contributed by atoms with Crippen LogP contribution in [0, 0.1) is 11.2 Å². The molecule has 2 heterocycles. The summed E-state index contributed by atoms with van der Waals surface area (Å²) in [5.74, 6) is -0.302. The zero-order chi connectivity index (χ0) is 23.6. The maximum atomic E-state index is 13.8. The lowest BCUT2D eigenvalue weighted by Crippen LogP contribution is -2.56. The fraction of sp³-hybridized carbons (Fsp3) is 0.308. The first-order valence-corrected chi connectivity index (χ1v) is 11.1. The Hall–Kier alpha value is -3.45. The van der Waals surface area contributed by atoms with Crippen LogP contribution in [0.1, 0.15) is 32.3 Å². The van der Waals surface area contributed by atoms with Crippen LogP contribution in [0.15, 0.2) is 66.4 Å². The number of nitrogens with one attached hydrogen (secondary N) is 2. The molecule has 0 aliphatic carbocycles. The number of allylic oxidation sites excluding steroid dienone is 2. The number of hydrogen-bond acceptors (Lipinski definition) is 5. The summed E-state index contributed by atoms with van der Waals surface area (Å²) in [5.41, 5.74) is 2.50. The number of likely N-dealkylation sites (tertiary alicyclic amines) is 1. The Bertz CT molecular complexity index is 1130. The average molecular weight is 449 g/mol. The maximum Gasteiger partial charge on any atom is 0.251 e. The van der Waals surface area contributed by atoms with E-state index >= 15 is 0 Å². The highest BCUT2D eigenvalue weighted by Gasteiger charge is 2.46. The molecular weight excluding hydrogens is 419 g/mol. The number of anilines is 2.